The molecular weight excluding hydrogens is 429 g/mol. The molecule has 0 aromatic heterocycles. The molecule has 8 heteroatoms. The Morgan fingerprint density at radius 2 is 1.94 bits per heavy atom. The van der Waals surface area contributed by atoms with Crippen molar-refractivity contribution in [2.45, 2.75) is 31.7 Å². The summed E-state index contributed by atoms with van der Waals surface area (Å²) in [6.07, 6.45) is 1.78. The third kappa shape index (κ3) is 4.14. The second-order valence-electron chi connectivity index (χ2n) is 7.78. The van der Waals surface area contributed by atoms with Crippen molar-refractivity contribution in [1.29, 1.82) is 0 Å². The van der Waals surface area contributed by atoms with Crippen LogP contribution in [0.4, 0.5) is 14.9 Å². The molecule has 2 aromatic rings. The third-order valence-electron chi connectivity index (χ3n) is 5.68. The van der Waals surface area contributed by atoms with Gasteiger partial charge in [0.15, 0.2) is 0 Å². The minimum absolute atomic E-state index is 0.172. The molecule has 2 unspecified atom stereocenters. The zero-order valence-electron chi connectivity index (χ0n) is 17.9. The van der Waals surface area contributed by atoms with Crippen molar-refractivity contribution < 1.29 is 18.8 Å². The number of hydrogen-bond donors (Lipinski definition) is 0. The third-order valence-corrected chi connectivity index (χ3v) is 6.77. The Labute approximate surface area is 190 Å². The monoisotopic (exact) mass is 453 g/mol. The molecule has 0 radical (unpaired) electrons. The van der Waals surface area contributed by atoms with Crippen LogP contribution in [0.25, 0.3) is 0 Å². The molecule has 2 aromatic carbocycles. The largest absolute Gasteiger partial charge is 0.328 e. The zero-order valence-corrected chi connectivity index (χ0v) is 18.7. The minimum Gasteiger partial charge on any atom is -0.311 e. The fourth-order valence-corrected chi connectivity index (χ4v) is 5.10. The van der Waals surface area contributed by atoms with Gasteiger partial charge in [-0.25, -0.2) is 9.18 Å². The van der Waals surface area contributed by atoms with Crippen LogP contribution >= 0.6 is 11.8 Å². The van der Waals surface area contributed by atoms with Gasteiger partial charge in [0.2, 0.25) is 11.8 Å². The van der Waals surface area contributed by atoms with Gasteiger partial charge < -0.3 is 9.80 Å². The van der Waals surface area contributed by atoms with Gasteiger partial charge in [-0.1, -0.05) is 36.4 Å². The second kappa shape index (κ2) is 9.16. The lowest BCUT2D eigenvalue weighted by molar-refractivity contribution is -0.133. The first-order valence-electron chi connectivity index (χ1n) is 10.4. The summed E-state index contributed by atoms with van der Waals surface area (Å²) in [6, 6.07) is 12.6. The van der Waals surface area contributed by atoms with Gasteiger partial charge in [0.05, 0.1) is 12.6 Å². The highest BCUT2D eigenvalue weighted by atomic mass is 32.2. The van der Waals surface area contributed by atoms with Crippen LogP contribution in [0, 0.1) is 12.7 Å². The number of likely N-dealkylation sites (N-methyl/N-ethyl adjacent to an activating group) is 1. The number of carbonyl (C=O) groups excluding carboxylic acids is 3. The Morgan fingerprint density at radius 1 is 1.16 bits per heavy atom. The standard InChI is InChI=1S/C24H24FN3O3S/c1-3-26(18-9-6-7-16(2)13-18)21(29)15-27-20-11-12-32-22(20)23(30)28(24(27)31)14-17-8-4-5-10-19(17)25/h4-13,20,22H,3,14-15H2,1-2H3. The molecule has 0 aliphatic carbocycles. The molecule has 0 spiro atoms. The van der Waals surface area contributed by atoms with Crippen molar-refractivity contribution in [2.24, 2.45) is 0 Å². The number of amides is 4. The van der Waals surface area contributed by atoms with Crippen molar-refractivity contribution in [1.82, 2.24) is 9.80 Å². The Bertz CT molecular complexity index is 1090. The minimum atomic E-state index is -0.583. The summed E-state index contributed by atoms with van der Waals surface area (Å²) < 4.78 is 14.2. The molecule has 0 bridgehead atoms. The van der Waals surface area contributed by atoms with Crippen molar-refractivity contribution in [3.8, 4) is 0 Å². The van der Waals surface area contributed by atoms with E-state index in [1.54, 1.807) is 34.6 Å². The fourth-order valence-electron chi connectivity index (χ4n) is 4.04. The van der Waals surface area contributed by atoms with E-state index in [0.717, 1.165) is 16.2 Å². The molecule has 1 fully saturated rings. The molecule has 2 heterocycles. The maximum Gasteiger partial charge on any atom is 0.328 e. The van der Waals surface area contributed by atoms with E-state index >= 15 is 0 Å². The first kappa shape index (κ1) is 22.1. The number of urea groups is 1. The number of nitrogens with zero attached hydrogens (tertiary/aromatic N) is 3. The smallest absolute Gasteiger partial charge is 0.311 e. The van der Waals surface area contributed by atoms with Crippen LogP contribution in [0.5, 0.6) is 0 Å². The van der Waals surface area contributed by atoms with Crippen molar-refractivity contribution >= 4 is 35.3 Å². The Hall–Kier alpha value is -3.13. The molecule has 166 valence electrons. The summed E-state index contributed by atoms with van der Waals surface area (Å²) in [5.41, 5.74) is 2.04. The normalized spacial score (nSPS) is 20.0. The van der Waals surface area contributed by atoms with E-state index in [2.05, 4.69) is 0 Å². The number of rotatable bonds is 6. The number of imide groups is 1. The number of benzene rings is 2. The van der Waals surface area contributed by atoms with E-state index < -0.39 is 23.1 Å². The topological polar surface area (TPSA) is 60.9 Å². The highest BCUT2D eigenvalue weighted by Crippen LogP contribution is 2.35. The summed E-state index contributed by atoms with van der Waals surface area (Å²) in [7, 11) is 0. The SMILES string of the molecule is CCN(C(=O)CN1C(=O)N(Cc2ccccc2F)C(=O)C2SC=CC21)c1cccc(C)c1. The lowest BCUT2D eigenvalue weighted by atomic mass is 10.1. The van der Waals surface area contributed by atoms with Gasteiger partial charge in [-0.3, -0.25) is 14.5 Å². The summed E-state index contributed by atoms with van der Waals surface area (Å²) in [6.45, 7) is 3.93. The van der Waals surface area contributed by atoms with Crippen LogP contribution in [-0.4, -0.2) is 52.0 Å². The van der Waals surface area contributed by atoms with Crippen LogP contribution in [0.3, 0.4) is 0 Å². The number of aryl methyl sites for hydroxylation is 1. The molecule has 2 atom stereocenters. The summed E-state index contributed by atoms with van der Waals surface area (Å²) in [4.78, 5) is 43.7. The van der Waals surface area contributed by atoms with E-state index in [9.17, 15) is 18.8 Å². The van der Waals surface area contributed by atoms with Gasteiger partial charge in [-0.15, -0.1) is 11.8 Å². The maximum atomic E-state index is 14.2. The van der Waals surface area contributed by atoms with E-state index in [1.165, 1.54) is 22.7 Å². The van der Waals surface area contributed by atoms with E-state index in [-0.39, 0.29) is 30.5 Å². The van der Waals surface area contributed by atoms with Crippen molar-refractivity contribution in [3.05, 3.63) is 77.0 Å². The van der Waals surface area contributed by atoms with Gasteiger partial charge in [0.25, 0.3) is 0 Å². The molecule has 4 rings (SSSR count). The molecule has 2 aliphatic heterocycles. The Kier molecular flexibility index (Phi) is 6.32. The van der Waals surface area contributed by atoms with Gasteiger partial charge in [-0.05, 0) is 43.0 Å². The number of halogens is 1. The average Bonchev–Trinajstić information content (AvgIpc) is 3.26. The quantitative estimate of drug-likeness (QED) is 0.665. The number of carbonyl (C=O) groups is 3. The molecule has 2 aliphatic rings. The lowest BCUT2D eigenvalue weighted by Gasteiger charge is -2.41. The molecule has 4 amide bonds. The van der Waals surface area contributed by atoms with E-state index in [1.807, 2.05) is 38.1 Å². The van der Waals surface area contributed by atoms with Crippen molar-refractivity contribution in [2.75, 3.05) is 18.0 Å². The van der Waals surface area contributed by atoms with Crippen LogP contribution in [-0.2, 0) is 16.1 Å². The summed E-state index contributed by atoms with van der Waals surface area (Å²) in [5, 5.41) is 1.24. The Balaban J connectivity index is 1.59. The van der Waals surface area contributed by atoms with Crippen LogP contribution in [0.2, 0.25) is 0 Å². The lowest BCUT2D eigenvalue weighted by Crippen LogP contribution is -2.63. The number of anilines is 1. The van der Waals surface area contributed by atoms with Crippen LogP contribution in [0.15, 0.2) is 60.0 Å². The van der Waals surface area contributed by atoms with E-state index in [4.69, 9.17) is 0 Å². The Morgan fingerprint density at radius 3 is 2.66 bits per heavy atom. The van der Waals surface area contributed by atoms with Gasteiger partial charge in [-0.2, -0.15) is 0 Å². The molecule has 0 N–H and O–H groups in total. The predicted molar refractivity (Wildman–Crippen MR) is 123 cm³/mol. The zero-order chi connectivity index (χ0) is 22.8. The molecule has 1 saturated heterocycles. The predicted octanol–water partition coefficient (Wildman–Crippen LogP) is 3.95. The first-order valence-corrected chi connectivity index (χ1v) is 11.4. The van der Waals surface area contributed by atoms with Gasteiger partial charge in [0.1, 0.15) is 17.6 Å². The molecule has 32 heavy (non-hydrogen) atoms. The highest BCUT2D eigenvalue weighted by Gasteiger charge is 2.48. The second-order valence-corrected chi connectivity index (χ2v) is 8.83. The van der Waals surface area contributed by atoms with Crippen LogP contribution < -0.4 is 4.90 Å². The highest BCUT2D eigenvalue weighted by molar-refractivity contribution is 8.03. The van der Waals surface area contributed by atoms with Gasteiger partial charge >= 0.3 is 6.03 Å². The number of hydrogen-bond acceptors (Lipinski definition) is 4. The summed E-state index contributed by atoms with van der Waals surface area (Å²) >= 11 is 1.31. The van der Waals surface area contributed by atoms with Crippen LogP contribution in [0.1, 0.15) is 18.1 Å². The number of thioether (sulfide) groups is 1. The van der Waals surface area contributed by atoms with Gasteiger partial charge in [0, 0.05) is 17.8 Å². The molecular formula is C24H24FN3O3S. The number of fused-ring (bicyclic) bond motifs is 1. The molecule has 6 nitrogen and oxygen atoms in total. The first-order chi connectivity index (χ1) is 15.4. The van der Waals surface area contributed by atoms with E-state index in [0.29, 0.717) is 6.54 Å². The van der Waals surface area contributed by atoms with Crippen molar-refractivity contribution in [3.63, 3.8) is 0 Å². The molecule has 0 saturated carbocycles. The fraction of sp³-hybridized carbons (Fsp3) is 0.292. The summed E-state index contributed by atoms with van der Waals surface area (Å²) in [5.74, 6) is -1.09. The average molecular weight is 454 g/mol. The maximum absolute atomic E-state index is 14.2.